The number of aromatic nitrogens is 2. The van der Waals surface area contributed by atoms with Gasteiger partial charge in [0.1, 0.15) is 5.75 Å². The Kier molecular flexibility index (Phi) is 6.57. The molecule has 1 aromatic carbocycles. The fourth-order valence-electron chi connectivity index (χ4n) is 5.30. The second kappa shape index (κ2) is 9.62. The van der Waals surface area contributed by atoms with Crippen LogP contribution in [0.4, 0.5) is 10.5 Å². The van der Waals surface area contributed by atoms with E-state index < -0.39 is 5.06 Å². The Balaban J connectivity index is 1.16. The first-order chi connectivity index (χ1) is 16.5. The third-order valence-corrected chi connectivity index (χ3v) is 7.71. The van der Waals surface area contributed by atoms with E-state index >= 15 is 0 Å². The van der Waals surface area contributed by atoms with E-state index in [0.29, 0.717) is 48.7 Å². The van der Waals surface area contributed by atoms with Crippen molar-refractivity contribution in [2.45, 2.75) is 62.5 Å². The lowest BCUT2D eigenvalue weighted by Crippen LogP contribution is -2.48. The molecular weight excluding hydrogens is 458 g/mol. The summed E-state index contributed by atoms with van der Waals surface area (Å²) < 4.78 is 17.3. The molecule has 0 saturated carbocycles. The van der Waals surface area contributed by atoms with Crippen LogP contribution in [0.2, 0.25) is 0 Å². The molecule has 0 aliphatic carbocycles. The molecule has 3 aliphatic heterocycles. The number of piperidine rings is 2. The zero-order chi connectivity index (χ0) is 23.7. The Hall–Kier alpha value is -2.52. The first-order valence-corrected chi connectivity index (χ1v) is 12.6. The molecule has 34 heavy (non-hydrogen) atoms. The molecule has 2 saturated heterocycles. The van der Waals surface area contributed by atoms with Gasteiger partial charge in [-0.2, -0.15) is 0 Å². The molecule has 9 nitrogen and oxygen atoms in total. The first kappa shape index (κ1) is 23.2. The molecule has 1 unspecified atom stereocenters. The maximum absolute atomic E-state index is 11.9. The summed E-state index contributed by atoms with van der Waals surface area (Å²) in [6, 6.07) is 6.08. The summed E-state index contributed by atoms with van der Waals surface area (Å²) in [5, 5.41) is 7.43. The topological polar surface area (TPSA) is 107 Å². The van der Waals surface area contributed by atoms with Gasteiger partial charge in [-0.3, -0.25) is 0 Å². The largest absolute Gasteiger partial charge is 0.462 e. The summed E-state index contributed by atoms with van der Waals surface area (Å²) >= 11 is 6.81. The molecule has 5 rings (SSSR count). The highest BCUT2D eigenvalue weighted by molar-refractivity contribution is 6.22. The van der Waals surface area contributed by atoms with Gasteiger partial charge in [-0.1, -0.05) is 17.7 Å². The molecule has 4 heterocycles. The van der Waals surface area contributed by atoms with Gasteiger partial charge < -0.3 is 29.4 Å². The molecule has 0 spiro atoms. The van der Waals surface area contributed by atoms with Crippen molar-refractivity contribution in [3.8, 4) is 5.75 Å². The average molecular weight is 490 g/mol. The van der Waals surface area contributed by atoms with Crippen LogP contribution in [0.5, 0.6) is 5.75 Å². The fraction of sp³-hybridized carbons (Fsp3) is 0.625. The molecule has 1 amide bonds. The minimum absolute atomic E-state index is 0.196. The number of benzene rings is 1. The van der Waals surface area contributed by atoms with E-state index in [2.05, 4.69) is 15.1 Å². The van der Waals surface area contributed by atoms with Crippen molar-refractivity contribution < 1.29 is 18.7 Å². The third-order valence-electron chi connectivity index (χ3n) is 7.28. The molecule has 0 bridgehead atoms. The second-order valence-electron chi connectivity index (χ2n) is 9.33. The van der Waals surface area contributed by atoms with Crippen molar-refractivity contribution in [1.29, 1.82) is 0 Å². The quantitative estimate of drug-likeness (QED) is 0.509. The number of anilines is 1. The second-order valence-corrected chi connectivity index (χ2v) is 9.94. The van der Waals surface area contributed by atoms with Gasteiger partial charge in [0.25, 0.3) is 11.0 Å². The van der Waals surface area contributed by atoms with Crippen LogP contribution in [0.15, 0.2) is 22.6 Å². The highest BCUT2D eigenvalue weighted by Gasteiger charge is 2.42. The predicted octanol–water partition coefficient (Wildman–Crippen LogP) is 3.87. The predicted molar refractivity (Wildman–Crippen MR) is 127 cm³/mol. The van der Waals surface area contributed by atoms with Crippen LogP contribution in [0.3, 0.4) is 0 Å². The van der Waals surface area contributed by atoms with E-state index in [0.717, 1.165) is 57.4 Å². The Morgan fingerprint density at radius 3 is 2.71 bits per heavy atom. The van der Waals surface area contributed by atoms with Crippen molar-refractivity contribution in [3.63, 3.8) is 0 Å². The number of carbonyl (C=O) groups excluding carboxylic acids is 1. The Morgan fingerprint density at radius 1 is 1.21 bits per heavy atom. The number of amides is 1. The molecule has 184 valence electrons. The number of ether oxygens (including phenoxy) is 2. The molecule has 2 aromatic rings. The summed E-state index contributed by atoms with van der Waals surface area (Å²) in [5.41, 5.74) is 7.75. The minimum Gasteiger partial charge on any atom is -0.462 e. The lowest BCUT2D eigenvalue weighted by atomic mass is 9.93. The number of nitrogens with two attached hydrogens (primary N) is 1. The Bertz CT molecular complexity index is 1020. The molecule has 2 fully saturated rings. The molecule has 3 aliphatic rings. The van der Waals surface area contributed by atoms with Gasteiger partial charge in [0.15, 0.2) is 0 Å². The van der Waals surface area contributed by atoms with Crippen LogP contribution < -0.4 is 10.5 Å². The van der Waals surface area contributed by atoms with Crippen LogP contribution in [0.1, 0.15) is 62.3 Å². The highest BCUT2D eigenvalue weighted by atomic mass is 35.5. The number of nitrogens with zero attached hydrogens (tertiary/aromatic N) is 4. The van der Waals surface area contributed by atoms with Crippen LogP contribution in [0, 0.1) is 0 Å². The zero-order valence-electron chi connectivity index (χ0n) is 19.5. The van der Waals surface area contributed by atoms with Gasteiger partial charge in [-0.05, 0) is 64.3 Å². The minimum atomic E-state index is -1.17. The van der Waals surface area contributed by atoms with E-state index in [1.54, 1.807) is 0 Å². The summed E-state index contributed by atoms with van der Waals surface area (Å²) in [7, 11) is 0. The number of carbonyl (C=O) groups is 1. The first-order valence-electron chi connectivity index (χ1n) is 12.2. The Morgan fingerprint density at radius 2 is 1.97 bits per heavy atom. The number of hydrogen-bond donors (Lipinski definition) is 1. The van der Waals surface area contributed by atoms with Gasteiger partial charge in [0, 0.05) is 42.7 Å². The maximum atomic E-state index is 11.9. The van der Waals surface area contributed by atoms with Gasteiger partial charge >= 0.3 is 6.09 Å². The summed E-state index contributed by atoms with van der Waals surface area (Å²) in [6.07, 6.45) is 4.87. The number of nitrogen functional groups attached to an aromatic ring is 1. The molecule has 1 atom stereocenters. The molecule has 1 aromatic heterocycles. The lowest BCUT2D eigenvalue weighted by molar-refractivity contribution is 0.0640. The van der Waals surface area contributed by atoms with Crippen molar-refractivity contribution >= 4 is 23.4 Å². The van der Waals surface area contributed by atoms with E-state index in [9.17, 15) is 4.79 Å². The number of alkyl halides is 1. The number of likely N-dealkylation sites (tertiary alicyclic amines) is 2. The summed E-state index contributed by atoms with van der Waals surface area (Å²) in [6.45, 7) is 5.71. The normalized spacial score (nSPS) is 24.5. The third kappa shape index (κ3) is 4.55. The van der Waals surface area contributed by atoms with Crippen LogP contribution in [0.25, 0.3) is 0 Å². The van der Waals surface area contributed by atoms with Crippen LogP contribution in [-0.2, 0) is 16.2 Å². The zero-order valence-corrected chi connectivity index (χ0v) is 20.3. The maximum Gasteiger partial charge on any atom is 0.409 e. The average Bonchev–Trinajstić information content (AvgIpc) is 3.36. The van der Waals surface area contributed by atoms with E-state index in [1.807, 2.05) is 30.0 Å². The highest BCUT2D eigenvalue weighted by Crippen LogP contribution is 2.44. The summed E-state index contributed by atoms with van der Waals surface area (Å²) in [5.74, 6) is 1.83. The molecule has 2 N–H and O–H groups in total. The number of hydrogen-bond acceptors (Lipinski definition) is 8. The molecular formula is C24H32ClN5O4. The van der Waals surface area contributed by atoms with Gasteiger partial charge in [-0.25, -0.2) is 4.79 Å². The van der Waals surface area contributed by atoms with Crippen LogP contribution in [-0.4, -0.2) is 64.9 Å². The van der Waals surface area contributed by atoms with E-state index in [-0.39, 0.29) is 12.0 Å². The molecule has 10 heteroatoms. The van der Waals surface area contributed by atoms with Gasteiger partial charge in [-0.15, -0.1) is 10.2 Å². The van der Waals surface area contributed by atoms with Gasteiger partial charge in [0.05, 0.1) is 6.61 Å². The number of fused-ring (bicyclic) bond motifs is 1. The molecule has 0 radical (unpaired) electrons. The van der Waals surface area contributed by atoms with Gasteiger partial charge in [0.2, 0.25) is 5.89 Å². The standard InChI is InChI=1S/C24H32ClN5O4/c1-2-32-23(31)30-14-9-17(10-15-30)29-12-7-16(8-13-29)21-27-28-22(33-21)24(25)11-6-18-19(26)4-3-5-20(18)34-24/h3-5,16-17H,2,6-15,26H2,1H3. The fourth-order valence-corrected chi connectivity index (χ4v) is 5.55. The van der Waals surface area contributed by atoms with Crippen molar-refractivity contribution in [3.05, 3.63) is 35.5 Å². The monoisotopic (exact) mass is 489 g/mol. The van der Waals surface area contributed by atoms with Crippen molar-refractivity contribution in [1.82, 2.24) is 20.0 Å². The Labute approximate surface area is 204 Å². The van der Waals surface area contributed by atoms with Crippen molar-refractivity contribution in [2.24, 2.45) is 0 Å². The number of halogens is 1. The smallest absolute Gasteiger partial charge is 0.409 e. The lowest BCUT2D eigenvalue weighted by Gasteiger charge is -2.41. The summed E-state index contributed by atoms with van der Waals surface area (Å²) in [4.78, 5) is 16.3. The SMILES string of the molecule is CCOC(=O)N1CCC(N2CCC(c3nnc(C4(Cl)CCc5c(N)cccc5O4)o3)CC2)CC1. The van der Waals surface area contributed by atoms with E-state index in [1.165, 1.54) is 0 Å². The number of rotatable bonds is 4. The van der Waals surface area contributed by atoms with E-state index in [4.69, 9.17) is 31.2 Å². The van der Waals surface area contributed by atoms with Crippen molar-refractivity contribution in [2.75, 3.05) is 38.5 Å². The van der Waals surface area contributed by atoms with Crippen LogP contribution >= 0.6 is 11.6 Å².